The van der Waals surface area contributed by atoms with Crippen molar-refractivity contribution in [2.45, 2.75) is 38.6 Å². The molecule has 0 atom stereocenters. The van der Waals surface area contributed by atoms with Crippen molar-refractivity contribution in [3.63, 3.8) is 0 Å². The van der Waals surface area contributed by atoms with Crippen molar-refractivity contribution in [3.05, 3.63) is 58.1 Å². The number of hydrogen-bond donors (Lipinski definition) is 1. The summed E-state index contributed by atoms with van der Waals surface area (Å²) < 4.78 is 26.6. The van der Waals surface area contributed by atoms with Gasteiger partial charge in [-0.2, -0.15) is 4.31 Å². The summed E-state index contributed by atoms with van der Waals surface area (Å²) in [5.41, 5.74) is 2.77. The standard InChI is InChI=1S/C19H23ClN2O3S/c1-12(2)22(5)26(24,25)15-7-8-17(20)16(11-15)19(23)21-18-9-6-13(3)10-14(18)4/h6-12H,1-5H3,(H,21,23). The number of anilines is 1. The molecule has 0 unspecified atom stereocenters. The highest BCUT2D eigenvalue weighted by molar-refractivity contribution is 7.89. The summed E-state index contributed by atoms with van der Waals surface area (Å²) in [6.45, 7) is 7.42. The lowest BCUT2D eigenvalue weighted by molar-refractivity contribution is 0.102. The quantitative estimate of drug-likeness (QED) is 0.824. The van der Waals surface area contributed by atoms with Crippen LogP contribution in [-0.2, 0) is 10.0 Å². The first-order valence-corrected chi connectivity index (χ1v) is 10.0. The molecule has 0 spiro atoms. The monoisotopic (exact) mass is 394 g/mol. The van der Waals surface area contributed by atoms with E-state index in [2.05, 4.69) is 5.32 Å². The molecule has 0 saturated heterocycles. The van der Waals surface area contributed by atoms with E-state index in [4.69, 9.17) is 11.6 Å². The maximum absolute atomic E-state index is 12.7. The lowest BCUT2D eigenvalue weighted by Gasteiger charge is -2.21. The minimum atomic E-state index is -3.70. The number of aryl methyl sites for hydroxylation is 2. The molecule has 140 valence electrons. The highest BCUT2D eigenvalue weighted by Crippen LogP contribution is 2.25. The highest BCUT2D eigenvalue weighted by Gasteiger charge is 2.25. The summed E-state index contributed by atoms with van der Waals surface area (Å²) in [6, 6.07) is 9.60. The summed E-state index contributed by atoms with van der Waals surface area (Å²) >= 11 is 6.15. The molecule has 0 fully saturated rings. The van der Waals surface area contributed by atoms with E-state index in [1.807, 2.05) is 32.0 Å². The van der Waals surface area contributed by atoms with Crippen molar-refractivity contribution in [2.24, 2.45) is 0 Å². The van der Waals surface area contributed by atoms with Crippen molar-refractivity contribution in [3.8, 4) is 0 Å². The molecule has 26 heavy (non-hydrogen) atoms. The number of nitrogens with one attached hydrogen (secondary N) is 1. The van der Waals surface area contributed by atoms with Gasteiger partial charge in [0.2, 0.25) is 10.0 Å². The van der Waals surface area contributed by atoms with Crippen molar-refractivity contribution in [1.29, 1.82) is 0 Å². The van der Waals surface area contributed by atoms with Crippen LogP contribution in [0.4, 0.5) is 5.69 Å². The van der Waals surface area contributed by atoms with E-state index in [0.29, 0.717) is 5.69 Å². The molecule has 0 heterocycles. The Labute approximate surface area is 160 Å². The van der Waals surface area contributed by atoms with Gasteiger partial charge in [0.05, 0.1) is 15.5 Å². The summed E-state index contributed by atoms with van der Waals surface area (Å²) in [4.78, 5) is 12.7. The van der Waals surface area contributed by atoms with Crippen molar-refractivity contribution in [1.82, 2.24) is 4.31 Å². The fraction of sp³-hybridized carbons (Fsp3) is 0.316. The van der Waals surface area contributed by atoms with E-state index in [0.717, 1.165) is 11.1 Å². The molecular formula is C19H23ClN2O3S. The highest BCUT2D eigenvalue weighted by atomic mass is 35.5. The largest absolute Gasteiger partial charge is 0.322 e. The summed E-state index contributed by atoms with van der Waals surface area (Å²) in [5.74, 6) is -0.453. The van der Waals surface area contributed by atoms with E-state index in [-0.39, 0.29) is 21.5 Å². The zero-order valence-electron chi connectivity index (χ0n) is 15.5. The maximum atomic E-state index is 12.7. The summed E-state index contributed by atoms with van der Waals surface area (Å²) in [5, 5.41) is 2.99. The molecule has 0 aliphatic carbocycles. The molecule has 1 amide bonds. The Bertz CT molecular complexity index is 940. The summed E-state index contributed by atoms with van der Waals surface area (Å²) in [7, 11) is -2.20. The molecule has 7 heteroatoms. The van der Waals surface area contributed by atoms with E-state index in [1.165, 1.54) is 29.6 Å². The first kappa shape index (κ1) is 20.4. The Kier molecular flexibility index (Phi) is 6.11. The van der Waals surface area contributed by atoms with Crippen LogP contribution in [0.1, 0.15) is 35.3 Å². The van der Waals surface area contributed by atoms with Crippen LogP contribution in [0.15, 0.2) is 41.3 Å². The van der Waals surface area contributed by atoms with Gasteiger partial charge in [-0.05, 0) is 57.5 Å². The number of rotatable bonds is 5. The van der Waals surface area contributed by atoms with Crippen LogP contribution in [0.5, 0.6) is 0 Å². The third-order valence-corrected chi connectivity index (χ3v) is 6.58. The van der Waals surface area contributed by atoms with Crippen LogP contribution >= 0.6 is 11.6 Å². The molecule has 5 nitrogen and oxygen atoms in total. The predicted molar refractivity (Wildman–Crippen MR) is 105 cm³/mol. The number of amides is 1. The van der Waals surface area contributed by atoms with Gasteiger partial charge in [0.1, 0.15) is 0 Å². The van der Waals surface area contributed by atoms with E-state index in [1.54, 1.807) is 13.8 Å². The first-order valence-electron chi connectivity index (χ1n) is 8.20. The third kappa shape index (κ3) is 4.26. The van der Waals surface area contributed by atoms with Gasteiger partial charge in [-0.3, -0.25) is 4.79 Å². The fourth-order valence-electron chi connectivity index (χ4n) is 2.43. The van der Waals surface area contributed by atoms with E-state index >= 15 is 0 Å². The van der Waals surface area contributed by atoms with Gasteiger partial charge in [0, 0.05) is 18.8 Å². The van der Waals surface area contributed by atoms with Gasteiger partial charge in [0.25, 0.3) is 5.91 Å². The number of carbonyl (C=O) groups excluding carboxylic acids is 1. The molecule has 0 aliphatic rings. The van der Waals surface area contributed by atoms with Gasteiger partial charge in [0.15, 0.2) is 0 Å². The number of hydrogen-bond acceptors (Lipinski definition) is 3. The molecule has 2 aromatic rings. The molecule has 0 bridgehead atoms. The minimum Gasteiger partial charge on any atom is -0.322 e. The molecule has 0 radical (unpaired) electrons. The Hall–Kier alpha value is -1.89. The van der Waals surface area contributed by atoms with Crippen molar-refractivity contribution >= 4 is 33.2 Å². The number of benzene rings is 2. The van der Waals surface area contributed by atoms with E-state index in [9.17, 15) is 13.2 Å². The SMILES string of the molecule is Cc1ccc(NC(=O)c2cc(S(=O)(=O)N(C)C(C)C)ccc2Cl)c(C)c1. The smallest absolute Gasteiger partial charge is 0.257 e. The number of nitrogens with zero attached hydrogens (tertiary/aromatic N) is 1. The first-order chi connectivity index (χ1) is 12.0. The van der Waals surface area contributed by atoms with Crippen LogP contribution in [0, 0.1) is 13.8 Å². The molecule has 2 aromatic carbocycles. The second kappa shape index (κ2) is 7.78. The predicted octanol–water partition coefficient (Wildman–Crippen LogP) is 4.24. The van der Waals surface area contributed by atoms with Crippen molar-refractivity contribution in [2.75, 3.05) is 12.4 Å². The normalized spacial score (nSPS) is 11.8. The average Bonchev–Trinajstić information content (AvgIpc) is 2.56. The Balaban J connectivity index is 2.39. The van der Waals surface area contributed by atoms with Crippen LogP contribution < -0.4 is 5.32 Å². The van der Waals surface area contributed by atoms with Crippen LogP contribution in [0.3, 0.4) is 0 Å². The van der Waals surface area contributed by atoms with Gasteiger partial charge in [-0.25, -0.2) is 8.42 Å². The molecule has 1 N–H and O–H groups in total. The third-order valence-electron chi connectivity index (χ3n) is 4.22. The number of carbonyl (C=O) groups is 1. The fourth-order valence-corrected chi connectivity index (χ4v) is 4.02. The van der Waals surface area contributed by atoms with E-state index < -0.39 is 15.9 Å². The van der Waals surface area contributed by atoms with Crippen LogP contribution in [0.2, 0.25) is 5.02 Å². The molecule has 0 saturated carbocycles. The molecular weight excluding hydrogens is 372 g/mol. The lowest BCUT2D eigenvalue weighted by atomic mass is 10.1. The number of sulfonamides is 1. The zero-order chi connectivity index (χ0) is 19.6. The van der Waals surface area contributed by atoms with Crippen LogP contribution in [-0.4, -0.2) is 31.7 Å². The Morgan fingerprint density at radius 3 is 2.35 bits per heavy atom. The second-order valence-corrected chi connectivity index (χ2v) is 8.93. The number of halogens is 1. The molecule has 0 aromatic heterocycles. The van der Waals surface area contributed by atoms with Gasteiger partial charge >= 0.3 is 0 Å². The summed E-state index contributed by atoms with van der Waals surface area (Å²) in [6.07, 6.45) is 0. The van der Waals surface area contributed by atoms with Gasteiger partial charge < -0.3 is 5.32 Å². The zero-order valence-corrected chi connectivity index (χ0v) is 17.1. The Morgan fingerprint density at radius 2 is 1.77 bits per heavy atom. The lowest BCUT2D eigenvalue weighted by Crippen LogP contribution is -2.33. The second-order valence-electron chi connectivity index (χ2n) is 6.53. The van der Waals surface area contributed by atoms with Gasteiger partial charge in [-0.1, -0.05) is 29.3 Å². The Morgan fingerprint density at radius 1 is 1.12 bits per heavy atom. The maximum Gasteiger partial charge on any atom is 0.257 e. The van der Waals surface area contributed by atoms with Gasteiger partial charge in [-0.15, -0.1) is 0 Å². The van der Waals surface area contributed by atoms with Crippen LogP contribution in [0.25, 0.3) is 0 Å². The topological polar surface area (TPSA) is 66.5 Å². The van der Waals surface area contributed by atoms with Crippen molar-refractivity contribution < 1.29 is 13.2 Å². The average molecular weight is 395 g/mol. The molecule has 0 aliphatic heterocycles. The molecule has 2 rings (SSSR count). The minimum absolute atomic E-state index is 0.0314.